The van der Waals surface area contributed by atoms with Crippen LogP contribution in [0.2, 0.25) is 0 Å². The van der Waals surface area contributed by atoms with E-state index in [1.165, 1.54) is 7.11 Å². The Kier molecular flexibility index (Phi) is 6.58. The number of hydrogen-bond donors (Lipinski definition) is 0. The third-order valence-corrected chi connectivity index (χ3v) is 3.19. The number of hydrogen-bond acceptors (Lipinski definition) is 5. The molecule has 0 aromatic heterocycles. The maximum Gasteiger partial charge on any atom is 0.337 e. The van der Waals surface area contributed by atoms with Crippen molar-refractivity contribution in [3.8, 4) is 0 Å². The van der Waals surface area contributed by atoms with Crippen LogP contribution in [0.25, 0.3) is 0 Å². The highest BCUT2D eigenvalue weighted by molar-refractivity contribution is 5.92. The predicted molar refractivity (Wildman–Crippen MR) is 94.5 cm³/mol. The zero-order valence-electron chi connectivity index (χ0n) is 13.4. The molecular weight excluding hydrogens is 304 g/mol. The highest BCUT2D eigenvalue weighted by Crippen LogP contribution is 2.05. The van der Waals surface area contributed by atoms with Gasteiger partial charge in [0.1, 0.15) is 6.29 Å². The normalized spacial score (nSPS) is 11.0. The van der Waals surface area contributed by atoms with Crippen molar-refractivity contribution in [1.82, 2.24) is 0 Å². The van der Waals surface area contributed by atoms with Crippen LogP contribution >= 0.6 is 0 Å². The summed E-state index contributed by atoms with van der Waals surface area (Å²) in [4.78, 5) is 30.7. The number of benzene rings is 2. The average Bonchev–Trinajstić information content (AvgIpc) is 2.64. The molecule has 2 aromatic carbocycles. The first-order valence-corrected chi connectivity index (χ1v) is 7.46. The van der Waals surface area contributed by atoms with Gasteiger partial charge in [0, 0.05) is 18.0 Å². The molecule has 5 heteroatoms. The van der Waals surface area contributed by atoms with E-state index < -0.39 is 0 Å². The summed E-state index contributed by atoms with van der Waals surface area (Å²) in [5.74, 6) is -0.368. The molecule has 0 amide bonds. The van der Waals surface area contributed by atoms with E-state index in [9.17, 15) is 9.59 Å². The van der Waals surface area contributed by atoms with Crippen LogP contribution in [-0.4, -0.2) is 44.9 Å². The summed E-state index contributed by atoms with van der Waals surface area (Å²) in [7, 11) is 1.35. The van der Waals surface area contributed by atoms with Gasteiger partial charge in [-0.3, -0.25) is 14.8 Å². The van der Waals surface area contributed by atoms with E-state index in [0.717, 1.165) is 17.4 Å². The second-order valence-electron chi connectivity index (χ2n) is 4.98. The molecule has 2 rings (SSSR count). The van der Waals surface area contributed by atoms with Gasteiger partial charge in [-0.15, -0.1) is 0 Å². The Morgan fingerprint density at radius 3 is 2.17 bits per heavy atom. The fourth-order valence-corrected chi connectivity index (χ4v) is 2.03. The zero-order valence-corrected chi connectivity index (χ0v) is 13.4. The van der Waals surface area contributed by atoms with Gasteiger partial charge in [0.2, 0.25) is 0 Å². The Labute approximate surface area is 140 Å². The van der Waals surface area contributed by atoms with Gasteiger partial charge in [0.05, 0.1) is 25.8 Å². The summed E-state index contributed by atoms with van der Waals surface area (Å²) in [6, 6.07) is 14.3. The minimum Gasteiger partial charge on any atom is -0.465 e. The molecule has 24 heavy (non-hydrogen) atoms. The quantitative estimate of drug-likeness (QED) is 0.341. The molecule has 0 saturated carbocycles. The van der Waals surface area contributed by atoms with Gasteiger partial charge >= 0.3 is 5.97 Å². The van der Waals surface area contributed by atoms with E-state index in [4.69, 9.17) is 0 Å². The largest absolute Gasteiger partial charge is 0.465 e. The third kappa shape index (κ3) is 5.28. The van der Waals surface area contributed by atoms with Gasteiger partial charge in [0.25, 0.3) is 0 Å². The topological polar surface area (TPSA) is 68.1 Å². The summed E-state index contributed by atoms with van der Waals surface area (Å²) in [5.41, 5.74) is 2.84. The van der Waals surface area contributed by atoms with Crippen LogP contribution in [0, 0.1) is 0 Å². The number of methoxy groups -OCH3 is 1. The van der Waals surface area contributed by atoms with Crippen LogP contribution in [0.4, 0.5) is 0 Å². The summed E-state index contributed by atoms with van der Waals surface area (Å²) in [5, 5.41) is 0. The predicted octanol–water partition coefficient (Wildman–Crippen LogP) is 2.82. The van der Waals surface area contributed by atoms with Gasteiger partial charge in [-0.05, 0) is 29.3 Å². The van der Waals surface area contributed by atoms with Crippen molar-refractivity contribution >= 4 is 24.7 Å². The summed E-state index contributed by atoms with van der Waals surface area (Å²) in [6.45, 7) is 1.07. The van der Waals surface area contributed by atoms with Gasteiger partial charge in [-0.2, -0.15) is 0 Å². The number of aldehydes is 1. The smallest absolute Gasteiger partial charge is 0.337 e. The molecule has 0 N–H and O–H groups in total. The number of esters is 1. The number of aliphatic imine (C=N–C) groups is 2. The first-order valence-electron chi connectivity index (χ1n) is 7.46. The minimum atomic E-state index is -0.368. The lowest BCUT2D eigenvalue weighted by molar-refractivity contribution is 0.0600. The lowest BCUT2D eigenvalue weighted by Gasteiger charge is -1.99. The third-order valence-electron chi connectivity index (χ3n) is 3.19. The molecule has 0 atom stereocenters. The molecule has 0 bridgehead atoms. The molecule has 5 nitrogen and oxygen atoms in total. The molecule has 0 aliphatic carbocycles. The van der Waals surface area contributed by atoms with Crippen molar-refractivity contribution in [2.75, 3.05) is 20.2 Å². The first-order chi connectivity index (χ1) is 11.7. The van der Waals surface area contributed by atoms with Crippen molar-refractivity contribution in [2.24, 2.45) is 9.98 Å². The maximum absolute atomic E-state index is 11.5. The molecular formula is C19H18N2O3. The average molecular weight is 322 g/mol. The van der Waals surface area contributed by atoms with Gasteiger partial charge in [-0.25, -0.2) is 4.79 Å². The van der Waals surface area contributed by atoms with Crippen molar-refractivity contribution in [3.63, 3.8) is 0 Å². The highest BCUT2D eigenvalue weighted by atomic mass is 16.5. The van der Waals surface area contributed by atoms with Crippen LogP contribution < -0.4 is 0 Å². The van der Waals surface area contributed by atoms with E-state index in [0.29, 0.717) is 24.2 Å². The fraction of sp³-hybridized carbons (Fsp3) is 0.158. The zero-order chi connectivity index (χ0) is 17.2. The van der Waals surface area contributed by atoms with E-state index in [1.807, 2.05) is 18.2 Å². The molecule has 122 valence electrons. The Morgan fingerprint density at radius 2 is 1.54 bits per heavy atom. The SMILES string of the molecule is COC(=O)c1cccc(/C=N/CC/N=C/c2cccc(C=O)c2)c1. The van der Waals surface area contributed by atoms with Crippen molar-refractivity contribution in [2.45, 2.75) is 0 Å². The number of carbonyl (C=O) groups excluding carboxylic acids is 2. The van der Waals surface area contributed by atoms with Crippen LogP contribution in [0.3, 0.4) is 0 Å². The Bertz CT molecular complexity index is 767. The monoisotopic (exact) mass is 322 g/mol. The number of carbonyl (C=O) groups is 2. The van der Waals surface area contributed by atoms with Crippen molar-refractivity contribution in [3.05, 3.63) is 70.8 Å². The summed E-state index contributed by atoms with van der Waals surface area (Å²) < 4.78 is 4.68. The van der Waals surface area contributed by atoms with Crippen LogP contribution in [0.5, 0.6) is 0 Å². The lowest BCUT2D eigenvalue weighted by atomic mass is 10.1. The van der Waals surface area contributed by atoms with Crippen LogP contribution in [-0.2, 0) is 4.74 Å². The molecule has 0 fully saturated rings. The molecule has 2 aromatic rings. The number of nitrogens with zero attached hydrogens (tertiary/aromatic N) is 2. The Morgan fingerprint density at radius 1 is 0.958 bits per heavy atom. The number of rotatable bonds is 7. The number of ether oxygens (including phenoxy) is 1. The van der Waals surface area contributed by atoms with Gasteiger partial charge < -0.3 is 4.74 Å². The molecule has 0 saturated heterocycles. The minimum absolute atomic E-state index is 0.368. The van der Waals surface area contributed by atoms with Crippen LogP contribution in [0.1, 0.15) is 31.8 Å². The Hall–Kier alpha value is -3.08. The van der Waals surface area contributed by atoms with Gasteiger partial charge in [0.15, 0.2) is 0 Å². The highest BCUT2D eigenvalue weighted by Gasteiger charge is 2.04. The molecule has 0 radical (unpaired) electrons. The van der Waals surface area contributed by atoms with E-state index in [1.54, 1.807) is 42.8 Å². The Balaban J connectivity index is 1.85. The van der Waals surface area contributed by atoms with E-state index in [2.05, 4.69) is 14.7 Å². The first kappa shape index (κ1) is 17.3. The van der Waals surface area contributed by atoms with E-state index in [-0.39, 0.29) is 5.97 Å². The standard InChI is InChI=1S/C19H18N2O3/c1-24-19(23)18-7-3-5-16(11-18)13-21-9-8-20-12-15-4-2-6-17(10-15)14-22/h2-7,10-14H,8-9H2,1H3/b20-12+,21-13+. The van der Waals surface area contributed by atoms with Crippen molar-refractivity contribution in [1.29, 1.82) is 0 Å². The molecule has 0 unspecified atom stereocenters. The maximum atomic E-state index is 11.5. The second kappa shape index (κ2) is 9.15. The van der Waals surface area contributed by atoms with Gasteiger partial charge in [-0.1, -0.05) is 30.3 Å². The molecule has 0 aliphatic rings. The van der Waals surface area contributed by atoms with Crippen LogP contribution in [0.15, 0.2) is 58.5 Å². The van der Waals surface area contributed by atoms with Crippen molar-refractivity contribution < 1.29 is 14.3 Å². The molecule has 0 aliphatic heterocycles. The second-order valence-corrected chi connectivity index (χ2v) is 4.98. The molecule has 0 spiro atoms. The lowest BCUT2D eigenvalue weighted by Crippen LogP contribution is -2.01. The summed E-state index contributed by atoms with van der Waals surface area (Å²) >= 11 is 0. The van der Waals surface area contributed by atoms with E-state index >= 15 is 0 Å². The summed E-state index contributed by atoms with van der Waals surface area (Å²) in [6.07, 6.45) is 4.24. The fourth-order valence-electron chi connectivity index (χ4n) is 2.03. The molecule has 0 heterocycles.